The normalized spacial score (nSPS) is 16.2. The quantitative estimate of drug-likeness (QED) is 0.581. The van der Waals surface area contributed by atoms with Gasteiger partial charge in [0.05, 0.1) is 0 Å². The molecule has 2 aliphatic heterocycles. The number of carboxylic acids is 2. The summed E-state index contributed by atoms with van der Waals surface area (Å²) in [5.74, 6) is -2.46. The smallest absolute Gasteiger partial charge is 0.328 e. The summed E-state index contributed by atoms with van der Waals surface area (Å²) in [7, 11) is 0. The van der Waals surface area contributed by atoms with Gasteiger partial charge in [-0.25, -0.2) is 18.4 Å². The lowest BCUT2D eigenvalue weighted by Crippen LogP contribution is -2.39. The molecule has 9 heteroatoms. The molecule has 1 fully saturated rings. The second-order valence-electron chi connectivity index (χ2n) is 8.66. The molecule has 0 atom stereocenters. The van der Waals surface area contributed by atoms with Crippen LogP contribution in [-0.2, 0) is 22.6 Å². The molecule has 2 aromatic carbocycles. The predicted octanol–water partition coefficient (Wildman–Crippen LogP) is 3.59. The van der Waals surface area contributed by atoms with E-state index in [1.165, 1.54) is 24.3 Å². The van der Waals surface area contributed by atoms with Crippen molar-refractivity contribution >= 4 is 17.8 Å². The van der Waals surface area contributed by atoms with Crippen LogP contribution >= 0.6 is 0 Å². The Morgan fingerprint density at radius 1 is 0.943 bits per heavy atom. The number of carbonyl (C=O) groups is 3. The van der Waals surface area contributed by atoms with Crippen LogP contribution in [0.2, 0.25) is 0 Å². The van der Waals surface area contributed by atoms with Gasteiger partial charge in [0.15, 0.2) is 0 Å². The van der Waals surface area contributed by atoms with Crippen LogP contribution in [0.3, 0.4) is 0 Å². The molecule has 0 aliphatic carbocycles. The van der Waals surface area contributed by atoms with Crippen LogP contribution in [0.5, 0.6) is 0 Å². The van der Waals surface area contributed by atoms with E-state index in [-0.39, 0.29) is 17.5 Å². The zero-order valence-corrected chi connectivity index (χ0v) is 19.2. The largest absolute Gasteiger partial charge is 0.478 e. The molecule has 0 bridgehead atoms. The molecular weight excluding hydrogens is 458 g/mol. The molecule has 2 aliphatic rings. The average molecular weight is 487 g/mol. The Bertz CT molecular complexity index is 1060. The van der Waals surface area contributed by atoms with E-state index >= 15 is 0 Å². The second-order valence-corrected chi connectivity index (χ2v) is 8.66. The highest BCUT2D eigenvalue weighted by molar-refractivity contribution is 5.98. The van der Waals surface area contributed by atoms with Gasteiger partial charge in [0, 0.05) is 37.3 Å². The van der Waals surface area contributed by atoms with Crippen LogP contribution in [0.4, 0.5) is 8.78 Å². The molecule has 0 aromatic heterocycles. The third-order valence-electron chi connectivity index (χ3n) is 6.13. The fourth-order valence-electron chi connectivity index (χ4n) is 4.28. The van der Waals surface area contributed by atoms with E-state index in [1.807, 2.05) is 17.0 Å². The minimum atomic E-state index is -1.26. The van der Waals surface area contributed by atoms with Gasteiger partial charge in [-0.2, -0.15) is 0 Å². The molecule has 7 nitrogen and oxygen atoms in total. The minimum absolute atomic E-state index is 0.0312. The summed E-state index contributed by atoms with van der Waals surface area (Å²) in [5.41, 5.74) is 2.61. The van der Waals surface area contributed by atoms with Crippen LogP contribution in [0, 0.1) is 17.6 Å². The Morgan fingerprint density at radius 3 is 2.14 bits per heavy atom. The van der Waals surface area contributed by atoms with Crippen molar-refractivity contribution in [3.05, 3.63) is 82.9 Å². The van der Waals surface area contributed by atoms with Crippen molar-refractivity contribution in [2.24, 2.45) is 5.92 Å². The Morgan fingerprint density at radius 2 is 1.54 bits per heavy atom. The highest BCUT2D eigenvalue weighted by Gasteiger charge is 2.30. The van der Waals surface area contributed by atoms with E-state index in [0.29, 0.717) is 30.2 Å². The first kappa shape index (κ1) is 26.0. The SMILES string of the molecule is O=C(O)/C=C/C(=O)O.O=C1c2ccc(F)cc2CN1CC1CCN(CCc2ccc(F)cc2)CC1. The van der Waals surface area contributed by atoms with Crippen molar-refractivity contribution in [1.29, 1.82) is 0 Å². The molecule has 0 unspecified atom stereocenters. The van der Waals surface area contributed by atoms with Crippen LogP contribution in [0.1, 0.15) is 34.3 Å². The molecule has 1 saturated heterocycles. The first-order chi connectivity index (χ1) is 16.7. The maximum absolute atomic E-state index is 13.4. The number of fused-ring (bicyclic) bond motifs is 1. The van der Waals surface area contributed by atoms with Crippen LogP contribution in [-0.4, -0.2) is 64.0 Å². The number of hydrogen-bond acceptors (Lipinski definition) is 4. The number of piperidine rings is 1. The number of halogens is 2. The third kappa shape index (κ3) is 7.99. The number of rotatable bonds is 7. The summed E-state index contributed by atoms with van der Waals surface area (Å²) in [4.78, 5) is 35.9. The van der Waals surface area contributed by atoms with Gasteiger partial charge in [0.25, 0.3) is 5.91 Å². The number of amides is 1. The maximum atomic E-state index is 13.4. The van der Waals surface area contributed by atoms with Crippen molar-refractivity contribution in [1.82, 2.24) is 9.80 Å². The first-order valence-electron chi connectivity index (χ1n) is 11.4. The second kappa shape index (κ2) is 12.2. The van der Waals surface area contributed by atoms with Crippen LogP contribution < -0.4 is 0 Å². The third-order valence-corrected chi connectivity index (χ3v) is 6.13. The number of benzene rings is 2. The molecule has 0 radical (unpaired) electrons. The van der Waals surface area contributed by atoms with Crippen molar-refractivity contribution in [3.63, 3.8) is 0 Å². The fourth-order valence-corrected chi connectivity index (χ4v) is 4.28. The molecule has 2 heterocycles. The maximum Gasteiger partial charge on any atom is 0.328 e. The Kier molecular flexibility index (Phi) is 9.08. The Hall–Kier alpha value is -3.59. The zero-order chi connectivity index (χ0) is 25.4. The Labute approximate surface area is 202 Å². The fraction of sp³-hybridized carbons (Fsp3) is 0.346. The van der Waals surface area contributed by atoms with Crippen LogP contribution in [0.15, 0.2) is 54.6 Å². The van der Waals surface area contributed by atoms with Crippen molar-refractivity contribution < 1.29 is 33.4 Å². The van der Waals surface area contributed by atoms with Gasteiger partial charge in [0.2, 0.25) is 0 Å². The topological polar surface area (TPSA) is 98.1 Å². The standard InChI is InChI=1S/C22H24F2N2O.C4H4O4/c23-19-3-1-16(2-4-19)7-10-25-11-8-17(9-12-25)14-26-15-18-13-20(24)5-6-21(18)22(26)27;5-3(6)1-2-4(7)8/h1-6,13,17H,7-12,14-15H2;1-2H,(H,5,6)(H,7,8)/b;2-1+. The molecule has 1 amide bonds. The number of likely N-dealkylation sites (tertiary alicyclic amines) is 1. The van der Waals surface area contributed by atoms with Crippen molar-refractivity contribution in [2.75, 3.05) is 26.2 Å². The summed E-state index contributed by atoms with van der Waals surface area (Å²) in [6.07, 6.45) is 4.18. The lowest BCUT2D eigenvalue weighted by molar-refractivity contribution is -0.134. The molecular formula is C26H28F2N2O5. The first-order valence-corrected chi connectivity index (χ1v) is 11.4. The predicted molar refractivity (Wildman–Crippen MR) is 125 cm³/mol. The summed E-state index contributed by atoms with van der Waals surface area (Å²) in [6, 6.07) is 11.2. The van der Waals surface area contributed by atoms with E-state index in [2.05, 4.69) is 4.90 Å². The van der Waals surface area contributed by atoms with Gasteiger partial charge in [-0.3, -0.25) is 4.79 Å². The number of carbonyl (C=O) groups excluding carboxylic acids is 1. The molecule has 0 spiro atoms. The lowest BCUT2D eigenvalue weighted by atomic mass is 9.96. The highest BCUT2D eigenvalue weighted by atomic mass is 19.1. The molecule has 2 N–H and O–H groups in total. The van der Waals surface area contributed by atoms with E-state index in [9.17, 15) is 23.2 Å². The van der Waals surface area contributed by atoms with Crippen molar-refractivity contribution in [3.8, 4) is 0 Å². The Balaban J connectivity index is 0.000000371. The summed E-state index contributed by atoms with van der Waals surface area (Å²) >= 11 is 0. The zero-order valence-electron chi connectivity index (χ0n) is 19.2. The van der Waals surface area contributed by atoms with Gasteiger partial charge in [-0.15, -0.1) is 0 Å². The number of hydrogen-bond donors (Lipinski definition) is 2. The molecule has 186 valence electrons. The van der Waals surface area contributed by atoms with E-state index in [1.54, 1.807) is 6.07 Å². The summed E-state index contributed by atoms with van der Waals surface area (Å²) in [5, 5.41) is 15.6. The molecule has 4 rings (SSSR count). The van der Waals surface area contributed by atoms with Gasteiger partial charge in [-0.1, -0.05) is 12.1 Å². The number of aliphatic carboxylic acids is 2. The highest BCUT2D eigenvalue weighted by Crippen LogP contribution is 2.27. The monoisotopic (exact) mass is 486 g/mol. The van der Waals surface area contributed by atoms with Gasteiger partial charge >= 0.3 is 11.9 Å². The molecule has 2 aromatic rings. The summed E-state index contributed by atoms with van der Waals surface area (Å²) in [6.45, 7) is 4.30. The average Bonchev–Trinajstić information content (AvgIpc) is 3.13. The van der Waals surface area contributed by atoms with E-state index in [0.717, 1.165) is 56.6 Å². The van der Waals surface area contributed by atoms with Crippen molar-refractivity contribution in [2.45, 2.75) is 25.8 Å². The van der Waals surface area contributed by atoms with Gasteiger partial charge in [0.1, 0.15) is 11.6 Å². The molecule has 35 heavy (non-hydrogen) atoms. The molecule has 0 saturated carbocycles. The number of nitrogens with zero attached hydrogens (tertiary/aromatic N) is 2. The van der Waals surface area contributed by atoms with Gasteiger partial charge in [-0.05, 0) is 79.7 Å². The van der Waals surface area contributed by atoms with Crippen LogP contribution in [0.25, 0.3) is 0 Å². The minimum Gasteiger partial charge on any atom is -0.478 e. The number of carboxylic acid groups (broad SMARTS) is 2. The lowest BCUT2D eigenvalue weighted by Gasteiger charge is -2.33. The van der Waals surface area contributed by atoms with E-state index in [4.69, 9.17) is 10.2 Å². The van der Waals surface area contributed by atoms with E-state index < -0.39 is 11.9 Å². The summed E-state index contributed by atoms with van der Waals surface area (Å²) < 4.78 is 26.3. The van der Waals surface area contributed by atoms with Gasteiger partial charge < -0.3 is 20.0 Å².